The number of aromatic nitrogens is 2. The molecular weight excluding hydrogens is 305 g/mol. The van der Waals surface area contributed by atoms with E-state index >= 15 is 0 Å². The standard InChI is InChI=1S/C14H16FN5O3/c1-10-16-14(17-23-10)9-18-4-6-19(7-5-18)13-3-2-11(20(21)22)8-12(13)15/h2-3,8H,4-7,9H2,1H3. The number of hydrogen-bond acceptors (Lipinski definition) is 7. The lowest BCUT2D eigenvalue weighted by atomic mass is 10.2. The zero-order chi connectivity index (χ0) is 16.4. The van der Waals surface area contributed by atoms with Crippen LogP contribution in [-0.4, -0.2) is 46.1 Å². The summed E-state index contributed by atoms with van der Waals surface area (Å²) in [5.41, 5.74) is 0.156. The molecule has 0 atom stereocenters. The Morgan fingerprint density at radius 2 is 2.09 bits per heavy atom. The second kappa shape index (κ2) is 6.29. The maximum atomic E-state index is 14.0. The Kier molecular flexibility index (Phi) is 4.20. The summed E-state index contributed by atoms with van der Waals surface area (Å²) in [7, 11) is 0. The maximum absolute atomic E-state index is 14.0. The van der Waals surface area contributed by atoms with Gasteiger partial charge in [0.1, 0.15) is 0 Å². The van der Waals surface area contributed by atoms with E-state index in [1.54, 1.807) is 6.92 Å². The van der Waals surface area contributed by atoms with Gasteiger partial charge < -0.3 is 9.42 Å². The molecule has 1 aliphatic heterocycles. The monoisotopic (exact) mass is 321 g/mol. The number of nitro benzene ring substituents is 1. The Labute approximate surface area is 131 Å². The van der Waals surface area contributed by atoms with Crippen molar-refractivity contribution in [1.82, 2.24) is 15.0 Å². The van der Waals surface area contributed by atoms with Crippen molar-refractivity contribution in [2.24, 2.45) is 0 Å². The van der Waals surface area contributed by atoms with Gasteiger partial charge in [0, 0.05) is 39.2 Å². The normalized spacial score (nSPS) is 15.8. The molecule has 1 aliphatic rings. The molecule has 0 radical (unpaired) electrons. The van der Waals surface area contributed by atoms with Crippen LogP contribution >= 0.6 is 0 Å². The number of nitro groups is 1. The van der Waals surface area contributed by atoms with Crippen LogP contribution in [0.2, 0.25) is 0 Å². The quantitative estimate of drug-likeness (QED) is 0.626. The van der Waals surface area contributed by atoms with E-state index in [-0.39, 0.29) is 5.69 Å². The zero-order valence-corrected chi connectivity index (χ0v) is 12.6. The van der Waals surface area contributed by atoms with Crippen molar-refractivity contribution < 1.29 is 13.8 Å². The molecule has 9 heteroatoms. The summed E-state index contributed by atoms with van der Waals surface area (Å²) in [5, 5.41) is 14.5. The second-order valence-corrected chi connectivity index (χ2v) is 5.39. The molecule has 23 heavy (non-hydrogen) atoms. The number of benzene rings is 1. The molecule has 0 N–H and O–H groups in total. The Morgan fingerprint density at radius 3 is 2.65 bits per heavy atom. The number of non-ortho nitro benzene ring substituents is 1. The molecule has 0 saturated carbocycles. The lowest BCUT2D eigenvalue weighted by Gasteiger charge is -2.35. The van der Waals surface area contributed by atoms with Crippen LogP contribution in [0.3, 0.4) is 0 Å². The molecular formula is C14H16FN5O3. The summed E-state index contributed by atoms with van der Waals surface area (Å²) in [6.07, 6.45) is 0. The van der Waals surface area contributed by atoms with Crippen molar-refractivity contribution in [2.45, 2.75) is 13.5 Å². The molecule has 0 amide bonds. The third-order valence-corrected chi connectivity index (χ3v) is 3.79. The minimum Gasteiger partial charge on any atom is -0.367 e. The number of piperazine rings is 1. The van der Waals surface area contributed by atoms with Gasteiger partial charge in [0.25, 0.3) is 5.69 Å². The van der Waals surface area contributed by atoms with Gasteiger partial charge in [-0.05, 0) is 6.07 Å². The molecule has 8 nitrogen and oxygen atoms in total. The molecule has 1 aromatic heterocycles. The molecule has 122 valence electrons. The lowest BCUT2D eigenvalue weighted by Crippen LogP contribution is -2.46. The number of nitrogens with zero attached hydrogens (tertiary/aromatic N) is 5. The number of hydrogen-bond donors (Lipinski definition) is 0. The Morgan fingerprint density at radius 1 is 1.35 bits per heavy atom. The van der Waals surface area contributed by atoms with E-state index in [0.29, 0.717) is 37.0 Å². The first-order valence-corrected chi connectivity index (χ1v) is 7.23. The van der Waals surface area contributed by atoms with Gasteiger partial charge in [-0.1, -0.05) is 5.16 Å². The molecule has 3 rings (SSSR count). The van der Waals surface area contributed by atoms with E-state index in [9.17, 15) is 14.5 Å². The fourth-order valence-electron chi connectivity index (χ4n) is 2.62. The van der Waals surface area contributed by atoms with Crippen molar-refractivity contribution in [3.8, 4) is 0 Å². The minimum absolute atomic E-state index is 0.239. The summed E-state index contributed by atoms with van der Waals surface area (Å²) < 4.78 is 19.0. The van der Waals surface area contributed by atoms with Gasteiger partial charge in [-0.2, -0.15) is 4.98 Å². The first-order valence-electron chi connectivity index (χ1n) is 7.23. The van der Waals surface area contributed by atoms with E-state index in [1.165, 1.54) is 12.1 Å². The van der Waals surface area contributed by atoms with E-state index in [1.807, 2.05) is 4.90 Å². The van der Waals surface area contributed by atoms with Gasteiger partial charge in [-0.25, -0.2) is 4.39 Å². The fourth-order valence-corrected chi connectivity index (χ4v) is 2.62. The molecule has 0 spiro atoms. The van der Waals surface area contributed by atoms with Crippen LogP contribution in [0.4, 0.5) is 15.8 Å². The van der Waals surface area contributed by atoms with Crippen LogP contribution in [0.25, 0.3) is 0 Å². The SMILES string of the molecule is Cc1nc(CN2CCN(c3ccc([N+](=O)[O-])cc3F)CC2)no1. The molecule has 1 saturated heterocycles. The topological polar surface area (TPSA) is 88.5 Å². The minimum atomic E-state index is -0.600. The van der Waals surface area contributed by atoms with Gasteiger partial charge in [-0.15, -0.1) is 0 Å². The van der Waals surface area contributed by atoms with Crippen molar-refractivity contribution in [3.63, 3.8) is 0 Å². The van der Waals surface area contributed by atoms with Gasteiger partial charge in [0.05, 0.1) is 23.2 Å². The third-order valence-electron chi connectivity index (χ3n) is 3.79. The Hall–Kier alpha value is -2.55. The highest BCUT2D eigenvalue weighted by Gasteiger charge is 2.22. The van der Waals surface area contributed by atoms with Crippen LogP contribution < -0.4 is 4.90 Å². The smallest absolute Gasteiger partial charge is 0.272 e. The van der Waals surface area contributed by atoms with Crippen molar-refractivity contribution in [2.75, 3.05) is 31.1 Å². The van der Waals surface area contributed by atoms with Gasteiger partial charge in [0.2, 0.25) is 5.89 Å². The molecule has 2 heterocycles. The van der Waals surface area contributed by atoms with Crippen molar-refractivity contribution in [1.29, 1.82) is 0 Å². The molecule has 0 aliphatic carbocycles. The van der Waals surface area contributed by atoms with Gasteiger partial charge in [0.15, 0.2) is 11.6 Å². The maximum Gasteiger partial charge on any atom is 0.272 e. The van der Waals surface area contributed by atoms with E-state index < -0.39 is 10.7 Å². The summed E-state index contributed by atoms with van der Waals surface area (Å²) in [6, 6.07) is 3.75. The number of rotatable bonds is 4. The van der Waals surface area contributed by atoms with Crippen LogP contribution in [-0.2, 0) is 6.54 Å². The van der Waals surface area contributed by atoms with Gasteiger partial charge >= 0.3 is 0 Å². The third kappa shape index (κ3) is 3.45. The number of aryl methyl sites for hydroxylation is 1. The molecule has 1 aromatic carbocycles. The van der Waals surface area contributed by atoms with Crippen LogP contribution in [0.15, 0.2) is 22.7 Å². The fraction of sp³-hybridized carbons (Fsp3) is 0.429. The van der Waals surface area contributed by atoms with Crippen LogP contribution in [0.5, 0.6) is 0 Å². The van der Waals surface area contributed by atoms with E-state index in [0.717, 1.165) is 19.2 Å². The summed E-state index contributed by atoms with van der Waals surface area (Å²) in [5.74, 6) is 0.602. The molecule has 0 bridgehead atoms. The van der Waals surface area contributed by atoms with E-state index in [2.05, 4.69) is 15.0 Å². The highest BCUT2D eigenvalue weighted by molar-refractivity contribution is 5.52. The Balaban J connectivity index is 1.61. The predicted octanol–water partition coefficient (Wildman–Crippen LogP) is 1.75. The van der Waals surface area contributed by atoms with E-state index in [4.69, 9.17) is 4.52 Å². The van der Waals surface area contributed by atoms with Crippen LogP contribution in [0.1, 0.15) is 11.7 Å². The second-order valence-electron chi connectivity index (χ2n) is 5.39. The summed E-state index contributed by atoms with van der Waals surface area (Å²) in [6.45, 7) is 5.05. The first kappa shape index (κ1) is 15.3. The molecule has 0 unspecified atom stereocenters. The zero-order valence-electron chi connectivity index (χ0n) is 12.6. The molecule has 1 fully saturated rings. The van der Waals surface area contributed by atoms with Crippen molar-refractivity contribution >= 4 is 11.4 Å². The van der Waals surface area contributed by atoms with Gasteiger partial charge in [-0.3, -0.25) is 15.0 Å². The summed E-state index contributed by atoms with van der Waals surface area (Å²) >= 11 is 0. The number of anilines is 1. The number of halogens is 1. The Bertz CT molecular complexity index is 712. The molecule has 2 aromatic rings. The predicted molar refractivity (Wildman–Crippen MR) is 79.6 cm³/mol. The van der Waals surface area contributed by atoms with Crippen LogP contribution in [0, 0.1) is 22.9 Å². The highest BCUT2D eigenvalue weighted by Crippen LogP contribution is 2.25. The lowest BCUT2D eigenvalue weighted by molar-refractivity contribution is -0.385. The average molecular weight is 321 g/mol. The highest BCUT2D eigenvalue weighted by atomic mass is 19.1. The summed E-state index contributed by atoms with van der Waals surface area (Å²) in [4.78, 5) is 18.3. The first-order chi connectivity index (χ1) is 11.0. The largest absolute Gasteiger partial charge is 0.367 e. The average Bonchev–Trinajstić information content (AvgIpc) is 2.93. The van der Waals surface area contributed by atoms with Crippen molar-refractivity contribution in [3.05, 3.63) is 45.8 Å².